The first-order valence-electron chi connectivity index (χ1n) is 6.84. The van der Waals surface area contributed by atoms with Crippen molar-refractivity contribution >= 4 is 38.7 Å². The highest BCUT2D eigenvalue weighted by Crippen LogP contribution is 2.27. The van der Waals surface area contributed by atoms with Crippen LogP contribution in [0.4, 0.5) is 0 Å². The van der Waals surface area contributed by atoms with Crippen molar-refractivity contribution in [3.63, 3.8) is 0 Å². The van der Waals surface area contributed by atoms with E-state index in [1.54, 1.807) is 0 Å². The Morgan fingerprint density at radius 2 is 2.05 bits per heavy atom. The largest absolute Gasteiger partial charge is 0.280 e. The molecular formula is C15H16BrClN4. The summed E-state index contributed by atoms with van der Waals surface area (Å²) in [5, 5.41) is 4.55. The quantitative estimate of drug-likeness (QED) is 0.645. The van der Waals surface area contributed by atoms with E-state index in [9.17, 15) is 0 Å². The summed E-state index contributed by atoms with van der Waals surface area (Å²) in [4.78, 5) is 4.66. The zero-order valence-electron chi connectivity index (χ0n) is 12.2. The molecule has 0 saturated carbocycles. The lowest BCUT2D eigenvalue weighted by molar-refractivity contribution is 0.660. The minimum atomic E-state index is 0.364. The van der Waals surface area contributed by atoms with E-state index in [4.69, 9.17) is 11.6 Å². The highest BCUT2D eigenvalue weighted by atomic mass is 79.9. The molecular weight excluding hydrogens is 352 g/mol. The second-order valence-electron chi connectivity index (χ2n) is 5.00. The predicted octanol–water partition coefficient (Wildman–Crippen LogP) is 4.36. The van der Waals surface area contributed by atoms with Gasteiger partial charge in [-0.25, -0.2) is 9.67 Å². The van der Waals surface area contributed by atoms with E-state index < -0.39 is 0 Å². The van der Waals surface area contributed by atoms with Gasteiger partial charge in [0.15, 0.2) is 5.65 Å². The van der Waals surface area contributed by atoms with Crippen molar-refractivity contribution in [3.8, 4) is 5.69 Å². The molecule has 0 N–H and O–H groups in total. The maximum absolute atomic E-state index is 6.10. The van der Waals surface area contributed by atoms with E-state index in [1.807, 2.05) is 11.6 Å². The van der Waals surface area contributed by atoms with Gasteiger partial charge in [0, 0.05) is 11.0 Å². The van der Waals surface area contributed by atoms with Crippen molar-refractivity contribution in [2.45, 2.75) is 33.2 Å². The molecule has 6 heteroatoms. The van der Waals surface area contributed by atoms with Gasteiger partial charge in [0.25, 0.3) is 0 Å². The molecule has 110 valence electrons. The van der Waals surface area contributed by atoms with Crippen LogP contribution in [0.25, 0.3) is 16.9 Å². The number of benzene rings is 1. The zero-order valence-corrected chi connectivity index (χ0v) is 14.5. The Balaban J connectivity index is 2.36. The third kappa shape index (κ3) is 2.28. The SMILES string of the molecule is CCn1nc(C)c2nc(CCl)n(-c3ccc(C)c(Br)c3)c21. The maximum Gasteiger partial charge on any atom is 0.163 e. The molecule has 0 aliphatic heterocycles. The van der Waals surface area contributed by atoms with Gasteiger partial charge in [-0.2, -0.15) is 5.10 Å². The molecule has 0 aliphatic rings. The Morgan fingerprint density at radius 1 is 1.29 bits per heavy atom. The Hall–Kier alpha value is -1.33. The Bertz CT molecular complexity index is 819. The van der Waals surface area contributed by atoms with E-state index in [0.717, 1.165) is 39.4 Å². The summed E-state index contributed by atoms with van der Waals surface area (Å²) >= 11 is 9.70. The number of alkyl halides is 1. The maximum atomic E-state index is 6.10. The average Bonchev–Trinajstić information content (AvgIpc) is 2.99. The van der Waals surface area contributed by atoms with Crippen LogP contribution in [-0.4, -0.2) is 19.3 Å². The second kappa shape index (κ2) is 5.46. The second-order valence-corrected chi connectivity index (χ2v) is 6.13. The normalized spacial score (nSPS) is 11.5. The van der Waals surface area contributed by atoms with Crippen LogP contribution >= 0.6 is 27.5 Å². The summed E-state index contributed by atoms with van der Waals surface area (Å²) < 4.78 is 5.14. The molecule has 0 unspecified atom stereocenters. The first kappa shape index (κ1) is 14.6. The van der Waals surface area contributed by atoms with Crippen LogP contribution < -0.4 is 0 Å². The number of rotatable bonds is 3. The van der Waals surface area contributed by atoms with Crippen molar-refractivity contribution in [1.29, 1.82) is 0 Å². The van der Waals surface area contributed by atoms with Crippen LogP contribution in [0.1, 0.15) is 24.0 Å². The van der Waals surface area contributed by atoms with Crippen molar-refractivity contribution in [2.24, 2.45) is 0 Å². The summed E-state index contributed by atoms with van der Waals surface area (Å²) in [5.41, 5.74) is 5.09. The van der Waals surface area contributed by atoms with Crippen LogP contribution in [0, 0.1) is 13.8 Å². The van der Waals surface area contributed by atoms with Gasteiger partial charge in [-0.15, -0.1) is 11.6 Å². The molecule has 2 aromatic heterocycles. The fourth-order valence-electron chi connectivity index (χ4n) is 2.52. The predicted molar refractivity (Wildman–Crippen MR) is 89.3 cm³/mol. The zero-order chi connectivity index (χ0) is 15.1. The number of nitrogens with zero attached hydrogens (tertiary/aromatic N) is 4. The molecule has 0 spiro atoms. The summed E-state index contributed by atoms with van der Waals surface area (Å²) in [5.74, 6) is 1.20. The molecule has 3 aromatic rings. The van der Waals surface area contributed by atoms with E-state index in [-0.39, 0.29) is 0 Å². The van der Waals surface area contributed by atoms with Crippen LogP contribution in [0.5, 0.6) is 0 Å². The van der Waals surface area contributed by atoms with E-state index in [0.29, 0.717) is 5.88 Å². The van der Waals surface area contributed by atoms with Gasteiger partial charge >= 0.3 is 0 Å². The lowest BCUT2D eigenvalue weighted by Gasteiger charge is -2.10. The van der Waals surface area contributed by atoms with E-state index in [2.05, 4.69) is 62.6 Å². The molecule has 2 heterocycles. The third-order valence-corrected chi connectivity index (χ3v) is 4.71. The fourth-order valence-corrected chi connectivity index (χ4v) is 3.06. The summed E-state index contributed by atoms with van der Waals surface area (Å²) in [6.45, 7) is 6.93. The summed E-state index contributed by atoms with van der Waals surface area (Å²) in [7, 11) is 0. The number of fused-ring (bicyclic) bond motifs is 1. The molecule has 0 aliphatic carbocycles. The van der Waals surface area contributed by atoms with Gasteiger partial charge in [-0.05, 0) is 38.5 Å². The fraction of sp³-hybridized carbons (Fsp3) is 0.333. The summed E-state index contributed by atoms with van der Waals surface area (Å²) in [6.07, 6.45) is 0. The van der Waals surface area contributed by atoms with Crippen LogP contribution in [-0.2, 0) is 12.4 Å². The van der Waals surface area contributed by atoms with Crippen LogP contribution in [0.15, 0.2) is 22.7 Å². The minimum Gasteiger partial charge on any atom is -0.280 e. The summed E-state index contributed by atoms with van der Waals surface area (Å²) in [6, 6.07) is 6.26. The molecule has 0 bridgehead atoms. The molecule has 21 heavy (non-hydrogen) atoms. The smallest absolute Gasteiger partial charge is 0.163 e. The van der Waals surface area contributed by atoms with Crippen molar-refractivity contribution in [1.82, 2.24) is 19.3 Å². The van der Waals surface area contributed by atoms with Gasteiger partial charge in [0.05, 0.1) is 17.3 Å². The number of aromatic nitrogens is 4. The molecule has 0 amide bonds. The number of hydrogen-bond acceptors (Lipinski definition) is 2. The van der Waals surface area contributed by atoms with Crippen molar-refractivity contribution in [2.75, 3.05) is 0 Å². The topological polar surface area (TPSA) is 35.6 Å². The number of hydrogen-bond donors (Lipinski definition) is 0. The van der Waals surface area contributed by atoms with Gasteiger partial charge in [-0.1, -0.05) is 22.0 Å². The third-order valence-electron chi connectivity index (χ3n) is 3.61. The molecule has 0 radical (unpaired) electrons. The Morgan fingerprint density at radius 3 is 2.67 bits per heavy atom. The molecule has 1 aromatic carbocycles. The number of imidazole rings is 1. The van der Waals surface area contributed by atoms with Gasteiger partial charge in [0.1, 0.15) is 11.3 Å². The monoisotopic (exact) mass is 366 g/mol. The molecule has 0 atom stereocenters. The molecule has 3 rings (SSSR count). The van der Waals surface area contributed by atoms with E-state index >= 15 is 0 Å². The highest BCUT2D eigenvalue weighted by molar-refractivity contribution is 9.10. The Kier molecular flexibility index (Phi) is 3.80. The lowest BCUT2D eigenvalue weighted by atomic mass is 10.2. The molecule has 0 saturated heterocycles. The molecule has 4 nitrogen and oxygen atoms in total. The van der Waals surface area contributed by atoms with Crippen molar-refractivity contribution < 1.29 is 0 Å². The molecule has 0 fully saturated rings. The van der Waals surface area contributed by atoms with Gasteiger partial charge in [0.2, 0.25) is 0 Å². The van der Waals surface area contributed by atoms with Crippen LogP contribution in [0.3, 0.4) is 0 Å². The van der Waals surface area contributed by atoms with Crippen LogP contribution in [0.2, 0.25) is 0 Å². The first-order chi connectivity index (χ1) is 10.1. The van der Waals surface area contributed by atoms with Crippen molar-refractivity contribution in [3.05, 3.63) is 39.8 Å². The van der Waals surface area contributed by atoms with Gasteiger partial charge in [-0.3, -0.25) is 4.57 Å². The number of halogens is 2. The van der Waals surface area contributed by atoms with E-state index in [1.165, 1.54) is 5.56 Å². The first-order valence-corrected chi connectivity index (χ1v) is 8.16. The van der Waals surface area contributed by atoms with Gasteiger partial charge < -0.3 is 0 Å². The highest BCUT2D eigenvalue weighted by Gasteiger charge is 2.19. The standard InChI is InChI=1S/C15H16BrClN4/c1-4-20-15-14(10(3)19-20)18-13(8-17)21(15)11-6-5-9(2)12(16)7-11/h5-7H,4,8H2,1-3H3. The minimum absolute atomic E-state index is 0.364. The Labute approximate surface area is 136 Å². The number of aryl methyl sites for hydroxylation is 3. The lowest BCUT2D eigenvalue weighted by Crippen LogP contribution is -2.06. The average molecular weight is 368 g/mol.